The molecule has 2 aromatic heterocycles. The summed E-state index contributed by atoms with van der Waals surface area (Å²) >= 11 is 0. The molecule has 0 saturated carbocycles. The zero-order chi connectivity index (χ0) is 12.6. The SMILES string of the molecule is CCCNc1cncc(NCc2ccccn2)n1. The Bertz CT molecular complexity index is 472. The van der Waals surface area contributed by atoms with Gasteiger partial charge in [-0.1, -0.05) is 13.0 Å². The van der Waals surface area contributed by atoms with E-state index in [0.717, 1.165) is 30.3 Å². The molecule has 0 saturated heterocycles. The lowest BCUT2D eigenvalue weighted by atomic mass is 10.3. The third-order valence-corrected chi connectivity index (χ3v) is 2.37. The molecule has 18 heavy (non-hydrogen) atoms. The molecular formula is C13H17N5. The van der Waals surface area contributed by atoms with Gasteiger partial charge in [0.05, 0.1) is 24.6 Å². The first-order valence-corrected chi connectivity index (χ1v) is 6.08. The minimum Gasteiger partial charge on any atom is -0.369 e. The first kappa shape index (κ1) is 12.3. The Labute approximate surface area is 107 Å². The molecule has 0 atom stereocenters. The molecule has 0 spiro atoms. The van der Waals surface area contributed by atoms with E-state index >= 15 is 0 Å². The van der Waals surface area contributed by atoms with Gasteiger partial charge in [-0.15, -0.1) is 0 Å². The average molecular weight is 243 g/mol. The lowest BCUT2D eigenvalue weighted by Crippen LogP contribution is -2.07. The molecule has 5 heteroatoms. The Kier molecular flexibility index (Phi) is 4.46. The van der Waals surface area contributed by atoms with E-state index in [4.69, 9.17) is 0 Å². The van der Waals surface area contributed by atoms with Crippen LogP contribution < -0.4 is 10.6 Å². The van der Waals surface area contributed by atoms with Crippen molar-refractivity contribution < 1.29 is 0 Å². The summed E-state index contributed by atoms with van der Waals surface area (Å²) in [7, 11) is 0. The van der Waals surface area contributed by atoms with Crippen LogP contribution in [0.4, 0.5) is 11.6 Å². The molecule has 2 N–H and O–H groups in total. The highest BCUT2D eigenvalue weighted by Gasteiger charge is 1.98. The number of hydrogen-bond donors (Lipinski definition) is 2. The lowest BCUT2D eigenvalue weighted by Gasteiger charge is -2.07. The third-order valence-electron chi connectivity index (χ3n) is 2.37. The second kappa shape index (κ2) is 6.54. The zero-order valence-corrected chi connectivity index (χ0v) is 10.4. The Hall–Kier alpha value is -2.17. The Morgan fingerprint density at radius 3 is 2.67 bits per heavy atom. The highest BCUT2D eigenvalue weighted by atomic mass is 15.1. The van der Waals surface area contributed by atoms with Gasteiger partial charge in [0.15, 0.2) is 0 Å². The highest BCUT2D eigenvalue weighted by molar-refractivity contribution is 5.41. The summed E-state index contributed by atoms with van der Waals surface area (Å²) in [5, 5.41) is 6.41. The topological polar surface area (TPSA) is 62.7 Å². The molecular weight excluding hydrogens is 226 g/mol. The van der Waals surface area contributed by atoms with Crippen molar-refractivity contribution in [1.82, 2.24) is 15.0 Å². The summed E-state index contributed by atoms with van der Waals surface area (Å²) in [5.41, 5.74) is 0.978. The first-order chi connectivity index (χ1) is 8.88. The number of nitrogens with one attached hydrogen (secondary N) is 2. The van der Waals surface area contributed by atoms with E-state index in [2.05, 4.69) is 32.5 Å². The van der Waals surface area contributed by atoms with Gasteiger partial charge in [-0.05, 0) is 18.6 Å². The largest absolute Gasteiger partial charge is 0.369 e. The van der Waals surface area contributed by atoms with Gasteiger partial charge in [-0.2, -0.15) is 0 Å². The van der Waals surface area contributed by atoms with Crippen LogP contribution in [0, 0.1) is 0 Å². The molecule has 0 amide bonds. The minimum absolute atomic E-state index is 0.646. The molecule has 5 nitrogen and oxygen atoms in total. The van der Waals surface area contributed by atoms with Gasteiger partial charge in [-0.3, -0.25) is 9.97 Å². The van der Waals surface area contributed by atoms with Crippen LogP contribution in [0.15, 0.2) is 36.8 Å². The normalized spacial score (nSPS) is 10.1. The molecule has 0 unspecified atom stereocenters. The fourth-order valence-corrected chi connectivity index (χ4v) is 1.47. The summed E-state index contributed by atoms with van der Waals surface area (Å²) < 4.78 is 0. The molecule has 2 aromatic rings. The number of nitrogens with zero attached hydrogens (tertiary/aromatic N) is 3. The van der Waals surface area contributed by atoms with E-state index in [0.29, 0.717) is 6.54 Å². The summed E-state index contributed by atoms with van der Waals surface area (Å²) in [6.45, 7) is 3.66. The number of hydrogen-bond acceptors (Lipinski definition) is 5. The molecule has 0 radical (unpaired) electrons. The quantitative estimate of drug-likeness (QED) is 0.815. The summed E-state index contributed by atoms with van der Waals surface area (Å²) in [6.07, 6.45) is 6.27. The molecule has 0 aliphatic heterocycles. The van der Waals surface area contributed by atoms with E-state index in [9.17, 15) is 0 Å². The van der Waals surface area contributed by atoms with Crippen LogP contribution in [-0.4, -0.2) is 21.5 Å². The molecule has 0 bridgehead atoms. The van der Waals surface area contributed by atoms with E-state index in [1.807, 2.05) is 18.2 Å². The fourth-order valence-electron chi connectivity index (χ4n) is 1.47. The van der Waals surface area contributed by atoms with Gasteiger partial charge < -0.3 is 10.6 Å². The average Bonchev–Trinajstić information content (AvgIpc) is 2.44. The second-order valence-electron chi connectivity index (χ2n) is 3.89. The molecule has 0 aliphatic rings. The van der Waals surface area contributed by atoms with Crippen molar-refractivity contribution in [2.45, 2.75) is 19.9 Å². The van der Waals surface area contributed by atoms with Gasteiger partial charge in [-0.25, -0.2) is 4.98 Å². The van der Waals surface area contributed by atoms with Crippen molar-refractivity contribution in [3.63, 3.8) is 0 Å². The third kappa shape index (κ3) is 3.69. The van der Waals surface area contributed by atoms with Crippen LogP contribution in [-0.2, 0) is 6.54 Å². The van der Waals surface area contributed by atoms with Gasteiger partial charge in [0.2, 0.25) is 0 Å². The summed E-state index contributed by atoms with van der Waals surface area (Å²) in [5.74, 6) is 1.55. The van der Waals surface area contributed by atoms with Crippen LogP contribution in [0.2, 0.25) is 0 Å². The van der Waals surface area contributed by atoms with Crippen LogP contribution in [0.25, 0.3) is 0 Å². The number of rotatable bonds is 6. The van der Waals surface area contributed by atoms with Crippen LogP contribution in [0.3, 0.4) is 0 Å². The molecule has 0 aromatic carbocycles. The Balaban J connectivity index is 1.93. The Morgan fingerprint density at radius 2 is 1.94 bits per heavy atom. The second-order valence-corrected chi connectivity index (χ2v) is 3.89. The van der Waals surface area contributed by atoms with Crippen molar-refractivity contribution in [2.75, 3.05) is 17.2 Å². The zero-order valence-electron chi connectivity index (χ0n) is 10.4. The highest BCUT2D eigenvalue weighted by Crippen LogP contribution is 2.07. The number of aromatic nitrogens is 3. The smallest absolute Gasteiger partial charge is 0.147 e. The molecule has 2 rings (SSSR count). The minimum atomic E-state index is 0.646. The van der Waals surface area contributed by atoms with Crippen LogP contribution in [0.5, 0.6) is 0 Å². The van der Waals surface area contributed by atoms with Crippen molar-refractivity contribution in [3.8, 4) is 0 Å². The fraction of sp³-hybridized carbons (Fsp3) is 0.308. The Morgan fingerprint density at radius 1 is 1.11 bits per heavy atom. The van der Waals surface area contributed by atoms with Gasteiger partial charge >= 0.3 is 0 Å². The maximum Gasteiger partial charge on any atom is 0.147 e. The predicted octanol–water partition coefficient (Wildman–Crippen LogP) is 2.31. The van der Waals surface area contributed by atoms with E-state index < -0.39 is 0 Å². The van der Waals surface area contributed by atoms with Crippen molar-refractivity contribution in [3.05, 3.63) is 42.5 Å². The summed E-state index contributed by atoms with van der Waals surface area (Å²) in [6, 6.07) is 5.84. The monoisotopic (exact) mass is 243 g/mol. The lowest BCUT2D eigenvalue weighted by molar-refractivity contribution is 0.960. The van der Waals surface area contributed by atoms with E-state index in [1.54, 1.807) is 18.6 Å². The van der Waals surface area contributed by atoms with E-state index in [1.165, 1.54) is 0 Å². The molecule has 0 fully saturated rings. The number of anilines is 2. The van der Waals surface area contributed by atoms with Crippen molar-refractivity contribution in [2.24, 2.45) is 0 Å². The molecule has 94 valence electrons. The molecule has 2 heterocycles. The van der Waals surface area contributed by atoms with Gasteiger partial charge in [0.25, 0.3) is 0 Å². The first-order valence-electron chi connectivity index (χ1n) is 6.08. The van der Waals surface area contributed by atoms with Crippen LogP contribution in [0.1, 0.15) is 19.0 Å². The van der Waals surface area contributed by atoms with Gasteiger partial charge in [0, 0.05) is 12.7 Å². The van der Waals surface area contributed by atoms with Crippen molar-refractivity contribution in [1.29, 1.82) is 0 Å². The van der Waals surface area contributed by atoms with Gasteiger partial charge in [0.1, 0.15) is 11.6 Å². The van der Waals surface area contributed by atoms with Crippen LogP contribution >= 0.6 is 0 Å². The summed E-state index contributed by atoms with van der Waals surface area (Å²) in [4.78, 5) is 12.8. The standard InChI is InChI=1S/C13H17N5/c1-2-6-16-12-9-14-10-13(18-12)17-8-11-5-3-4-7-15-11/h3-5,7,9-10H,2,6,8H2,1H3,(H2,16,17,18). The maximum atomic E-state index is 4.41. The number of pyridine rings is 1. The van der Waals surface area contributed by atoms with E-state index in [-0.39, 0.29) is 0 Å². The predicted molar refractivity (Wildman–Crippen MR) is 72.4 cm³/mol. The van der Waals surface area contributed by atoms with Crippen molar-refractivity contribution >= 4 is 11.6 Å². The maximum absolute atomic E-state index is 4.41. The molecule has 0 aliphatic carbocycles.